The van der Waals surface area contributed by atoms with Crippen LogP contribution in [0.5, 0.6) is 5.75 Å². The Morgan fingerprint density at radius 2 is 1.43 bits per heavy atom. The molecule has 2 aliphatic heterocycles. The Hall–Kier alpha value is -4.10. The molecular weight excluding hydrogens is 501 g/mol. The zero-order chi connectivity index (χ0) is 27.1. The van der Waals surface area contributed by atoms with Crippen LogP contribution in [0, 0.1) is 5.82 Å². The minimum Gasteiger partial charge on any atom is -0.494 e. The molecule has 0 spiro atoms. The van der Waals surface area contributed by atoms with Crippen LogP contribution in [0.1, 0.15) is 17.5 Å². The highest BCUT2D eigenvalue weighted by Gasteiger charge is 2.25. The predicted molar refractivity (Wildman–Crippen MR) is 160 cm³/mol. The average Bonchev–Trinajstić information content (AvgIpc) is 3.35. The van der Waals surface area contributed by atoms with E-state index in [0.29, 0.717) is 12.4 Å². The number of pyridine rings is 1. The minimum atomic E-state index is -0.247. The summed E-state index contributed by atoms with van der Waals surface area (Å²) in [6.07, 6.45) is 2.92. The Labute approximate surface area is 236 Å². The van der Waals surface area contributed by atoms with Gasteiger partial charge in [0.15, 0.2) is 0 Å². The SMILES string of the molecule is Fc1ccc(OCCCN2CN(Cc3ccc(N4CCN(Cc5ccccc5)CC4)nc3)c3ccccc32)cc1. The van der Waals surface area contributed by atoms with Crippen LogP contribution in [-0.2, 0) is 13.1 Å². The molecule has 0 amide bonds. The number of rotatable bonds is 10. The highest BCUT2D eigenvalue weighted by Crippen LogP contribution is 2.36. The fourth-order valence-corrected chi connectivity index (χ4v) is 5.55. The molecule has 1 saturated heterocycles. The van der Waals surface area contributed by atoms with E-state index in [-0.39, 0.29) is 5.82 Å². The third kappa shape index (κ3) is 6.37. The Kier molecular flexibility index (Phi) is 8.10. The molecular formula is C33H36FN5O. The lowest BCUT2D eigenvalue weighted by Gasteiger charge is -2.35. The highest BCUT2D eigenvalue weighted by molar-refractivity contribution is 5.76. The van der Waals surface area contributed by atoms with Gasteiger partial charge in [-0.1, -0.05) is 48.5 Å². The van der Waals surface area contributed by atoms with Crippen LogP contribution in [0.25, 0.3) is 0 Å². The van der Waals surface area contributed by atoms with Crippen molar-refractivity contribution in [3.05, 3.63) is 114 Å². The van der Waals surface area contributed by atoms with Crippen molar-refractivity contribution in [3.8, 4) is 5.75 Å². The first-order chi connectivity index (χ1) is 19.7. The highest BCUT2D eigenvalue weighted by atomic mass is 19.1. The van der Waals surface area contributed by atoms with Crippen LogP contribution < -0.4 is 19.4 Å². The molecule has 4 aromatic rings. The van der Waals surface area contributed by atoms with Crippen LogP contribution in [0.15, 0.2) is 97.2 Å². The monoisotopic (exact) mass is 537 g/mol. The van der Waals surface area contributed by atoms with Crippen molar-refractivity contribution in [2.45, 2.75) is 19.5 Å². The molecule has 0 aliphatic carbocycles. The summed E-state index contributed by atoms with van der Waals surface area (Å²) in [4.78, 5) is 14.6. The van der Waals surface area contributed by atoms with E-state index in [9.17, 15) is 4.39 Å². The number of benzene rings is 3. The fourth-order valence-electron chi connectivity index (χ4n) is 5.55. The van der Waals surface area contributed by atoms with Crippen molar-refractivity contribution in [1.82, 2.24) is 9.88 Å². The Morgan fingerprint density at radius 3 is 2.15 bits per heavy atom. The first-order valence-electron chi connectivity index (χ1n) is 14.1. The van der Waals surface area contributed by atoms with Gasteiger partial charge in [-0.15, -0.1) is 0 Å². The van der Waals surface area contributed by atoms with E-state index >= 15 is 0 Å². The molecule has 7 heteroatoms. The largest absolute Gasteiger partial charge is 0.494 e. The minimum absolute atomic E-state index is 0.247. The van der Waals surface area contributed by atoms with E-state index in [2.05, 4.69) is 86.3 Å². The van der Waals surface area contributed by atoms with Crippen LogP contribution in [-0.4, -0.2) is 55.9 Å². The number of hydrogen-bond acceptors (Lipinski definition) is 6. The molecule has 0 N–H and O–H groups in total. The molecule has 0 saturated carbocycles. The smallest absolute Gasteiger partial charge is 0.128 e. The lowest BCUT2D eigenvalue weighted by molar-refractivity contribution is 0.249. The molecule has 2 aliphatic rings. The molecule has 6 nitrogen and oxygen atoms in total. The summed E-state index contributed by atoms with van der Waals surface area (Å²) >= 11 is 0. The van der Waals surface area contributed by atoms with E-state index in [1.54, 1.807) is 12.1 Å². The van der Waals surface area contributed by atoms with E-state index in [1.165, 1.54) is 34.6 Å². The van der Waals surface area contributed by atoms with Gasteiger partial charge < -0.3 is 19.4 Å². The van der Waals surface area contributed by atoms with E-state index in [1.807, 2.05) is 6.20 Å². The fraction of sp³-hybridized carbons (Fsp3) is 0.303. The number of hydrogen-bond donors (Lipinski definition) is 0. The number of para-hydroxylation sites is 2. The molecule has 0 unspecified atom stereocenters. The van der Waals surface area contributed by atoms with Gasteiger partial charge in [0.25, 0.3) is 0 Å². The van der Waals surface area contributed by atoms with Crippen molar-refractivity contribution in [1.29, 1.82) is 0 Å². The number of fused-ring (bicyclic) bond motifs is 1. The summed E-state index contributed by atoms with van der Waals surface area (Å²) in [5.41, 5.74) is 5.09. The van der Waals surface area contributed by atoms with Gasteiger partial charge in [-0.25, -0.2) is 9.37 Å². The molecule has 6 rings (SSSR count). The molecule has 1 fully saturated rings. The molecule has 3 aromatic carbocycles. The predicted octanol–water partition coefficient (Wildman–Crippen LogP) is 5.80. The van der Waals surface area contributed by atoms with Gasteiger partial charge in [0, 0.05) is 52.0 Å². The topological polar surface area (TPSA) is 35.1 Å². The molecule has 3 heterocycles. The van der Waals surface area contributed by atoms with Gasteiger partial charge in [-0.2, -0.15) is 0 Å². The van der Waals surface area contributed by atoms with Gasteiger partial charge in [0.1, 0.15) is 17.4 Å². The Bertz CT molecular complexity index is 1360. The summed E-state index contributed by atoms with van der Waals surface area (Å²) < 4.78 is 18.9. The van der Waals surface area contributed by atoms with Crippen LogP contribution in [0.2, 0.25) is 0 Å². The molecule has 0 radical (unpaired) electrons. The average molecular weight is 538 g/mol. The third-order valence-electron chi connectivity index (χ3n) is 7.69. The zero-order valence-electron chi connectivity index (χ0n) is 22.8. The second kappa shape index (κ2) is 12.4. The van der Waals surface area contributed by atoms with Gasteiger partial charge in [0.2, 0.25) is 0 Å². The zero-order valence-corrected chi connectivity index (χ0v) is 22.8. The number of aromatic nitrogens is 1. The van der Waals surface area contributed by atoms with Gasteiger partial charge >= 0.3 is 0 Å². The quantitative estimate of drug-likeness (QED) is 0.238. The molecule has 1 aromatic heterocycles. The lowest BCUT2D eigenvalue weighted by Crippen LogP contribution is -2.46. The molecule has 0 atom stereocenters. The summed E-state index contributed by atoms with van der Waals surface area (Å²) in [5, 5.41) is 0. The normalized spacial score (nSPS) is 15.4. The first-order valence-corrected chi connectivity index (χ1v) is 14.1. The van der Waals surface area contributed by atoms with Crippen LogP contribution >= 0.6 is 0 Å². The van der Waals surface area contributed by atoms with Crippen molar-refractivity contribution in [3.63, 3.8) is 0 Å². The number of nitrogens with zero attached hydrogens (tertiary/aromatic N) is 5. The van der Waals surface area contributed by atoms with Crippen molar-refractivity contribution < 1.29 is 9.13 Å². The third-order valence-corrected chi connectivity index (χ3v) is 7.69. The van der Waals surface area contributed by atoms with E-state index in [4.69, 9.17) is 9.72 Å². The summed E-state index contributed by atoms with van der Waals surface area (Å²) in [6.45, 7) is 8.24. The lowest BCUT2D eigenvalue weighted by atomic mass is 10.2. The maximum absolute atomic E-state index is 13.1. The van der Waals surface area contributed by atoms with Crippen LogP contribution in [0.3, 0.4) is 0 Å². The molecule has 206 valence electrons. The Balaban J connectivity index is 1.00. The van der Waals surface area contributed by atoms with E-state index < -0.39 is 0 Å². The number of anilines is 3. The molecule has 0 bridgehead atoms. The maximum atomic E-state index is 13.1. The standard InChI is InChI=1S/C33H36FN5O/c34-29-12-14-30(15-13-29)40-22-6-17-38-26-39(32-10-5-4-9-31(32)38)25-28-11-16-33(35-23-28)37-20-18-36(19-21-37)24-27-7-2-1-3-8-27/h1-5,7-16,23H,6,17-22,24-26H2. The van der Waals surface area contributed by atoms with Gasteiger partial charge in [-0.3, -0.25) is 4.90 Å². The molecule has 40 heavy (non-hydrogen) atoms. The Morgan fingerprint density at radius 1 is 0.700 bits per heavy atom. The van der Waals surface area contributed by atoms with Crippen molar-refractivity contribution in [2.75, 3.05) is 60.7 Å². The number of halogens is 1. The number of ether oxygens (including phenoxy) is 1. The second-order valence-corrected chi connectivity index (χ2v) is 10.5. The second-order valence-electron chi connectivity index (χ2n) is 10.5. The van der Waals surface area contributed by atoms with Crippen molar-refractivity contribution >= 4 is 17.2 Å². The van der Waals surface area contributed by atoms with Crippen molar-refractivity contribution in [2.24, 2.45) is 0 Å². The summed E-state index contributed by atoms with van der Waals surface area (Å²) in [6, 6.07) is 29.9. The summed E-state index contributed by atoms with van der Waals surface area (Å²) in [5.74, 6) is 1.52. The number of piperazine rings is 1. The van der Waals surface area contributed by atoms with E-state index in [0.717, 1.165) is 64.7 Å². The maximum Gasteiger partial charge on any atom is 0.128 e. The van der Waals surface area contributed by atoms with Gasteiger partial charge in [-0.05, 0) is 60.0 Å². The summed E-state index contributed by atoms with van der Waals surface area (Å²) in [7, 11) is 0. The van der Waals surface area contributed by atoms with Crippen LogP contribution in [0.4, 0.5) is 21.6 Å². The first kappa shape index (κ1) is 26.1. The van der Waals surface area contributed by atoms with Gasteiger partial charge in [0.05, 0.1) is 24.7 Å².